The van der Waals surface area contributed by atoms with Crippen molar-refractivity contribution in [1.29, 1.82) is 0 Å². The molecule has 0 aliphatic rings. The topological polar surface area (TPSA) is 72.1 Å². The molecule has 0 aliphatic carbocycles. The number of halogens is 3. The third kappa shape index (κ3) is 4.55. The number of aromatic amines is 1. The lowest BCUT2D eigenvalue weighted by atomic mass is 9.98. The largest absolute Gasteiger partial charge is 0.494 e. The summed E-state index contributed by atoms with van der Waals surface area (Å²) in [5, 5.41) is 7.12. The fourth-order valence-corrected chi connectivity index (χ4v) is 3.71. The summed E-state index contributed by atoms with van der Waals surface area (Å²) >= 11 is 18.3. The Labute approximate surface area is 176 Å². The van der Waals surface area contributed by atoms with Gasteiger partial charge in [0.15, 0.2) is 5.78 Å². The summed E-state index contributed by atoms with van der Waals surface area (Å²) < 4.78 is 5.66. The average molecular weight is 438 g/mol. The second-order valence-corrected chi connectivity index (χ2v) is 7.17. The molecule has 1 heterocycles. The molecule has 3 aromatic rings. The minimum atomic E-state index is -0.328. The molecule has 1 aromatic heterocycles. The number of hydrogen-bond donors (Lipinski definition) is 1. The first kappa shape index (κ1) is 20.4. The molecule has 0 fully saturated rings. The number of ether oxygens (including phenoxy) is 1. The molecule has 0 unspecified atom stereocenters. The maximum absolute atomic E-state index is 13.0. The molecule has 0 atom stereocenters. The number of nitrogens with one attached hydrogen (secondary N) is 1. The summed E-state index contributed by atoms with van der Waals surface area (Å²) in [4.78, 5) is 24.2. The molecule has 28 heavy (non-hydrogen) atoms. The second-order valence-electron chi connectivity index (χ2n) is 5.92. The van der Waals surface area contributed by atoms with E-state index in [9.17, 15) is 9.59 Å². The first-order chi connectivity index (χ1) is 13.4. The number of H-pyrrole nitrogens is 1. The van der Waals surface area contributed by atoms with Gasteiger partial charge in [-0.2, -0.15) is 5.10 Å². The van der Waals surface area contributed by atoms with Crippen LogP contribution in [-0.4, -0.2) is 22.6 Å². The van der Waals surface area contributed by atoms with Crippen molar-refractivity contribution in [2.75, 3.05) is 6.61 Å². The van der Waals surface area contributed by atoms with Crippen LogP contribution < -0.4 is 10.3 Å². The molecule has 5 nitrogen and oxygen atoms in total. The molecular weight excluding hydrogens is 423 g/mol. The highest BCUT2D eigenvalue weighted by Gasteiger charge is 2.19. The molecule has 2 aromatic carbocycles. The smallest absolute Gasteiger partial charge is 0.264 e. The Kier molecular flexibility index (Phi) is 6.39. The fraction of sp³-hybridized carbons (Fsp3) is 0.150. The third-order valence-electron chi connectivity index (χ3n) is 3.96. The van der Waals surface area contributed by atoms with Crippen LogP contribution in [0.15, 0.2) is 47.3 Å². The van der Waals surface area contributed by atoms with Crippen molar-refractivity contribution in [3.63, 3.8) is 0 Å². The predicted octanol–water partition coefficient (Wildman–Crippen LogP) is 4.95. The van der Waals surface area contributed by atoms with Gasteiger partial charge in [0, 0.05) is 28.6 Å². The quantitative estimate of drug-likeness (QED) is 0.554. The Hall–Kier alpha value is -2.34. The van der Waals surface area contributed by atoms with Crippen molar-refractivity contribution in [3.8, 4) is 5.75 Å². The van der Waals surface area contributed by atoms with Crippen molar-refractivity contribution in [2.45, 2.75) is 13.3 Å². The van der Waals surface area contributed by atoms with Crippen molar-refractivity contribution in [2.24, 2.45) is 0 Å². The van der Waals surface area contributed by atoms with Gasteiger partial charge in [0.1, 0.15) is 5.75 Å². The predicted molar refractivity (Wildman–Crippen MR) is 110 cm³/mol. The summed E-state index contributed by atoms with van der Waals surface area (Å²) in [6, 6.07) is 11.0. The molecule has 0 saturated heterocycles. The van der Waals surface area contributed by atoms with Gasteiger partial charge in [-0.05, 0) is 43.3 Å². The van der Waals surface area contributed by atoms with Crippen molar-refractivity contribution >= 4 is 40.6 Å². The molecule has 3 rings (SSSR count). The van der Waals surface area contributed by atoms with Gasteiger partial charge in [-0.3, -0.25) is 9.59 Å². The molecule has 144 valence electrons. The van der Waals surface area contributed by atoms with E-state index < -0.39 is 0 Å². The number of rotatable bonds is 6. The summed E-state index contributed by atoms with van der Waals surface area (Å²) in [7, 11) is 0. The first-order valence-corrected chi connectivity index (χ1v) is 9.52. The minimum absolute atomic E-state index is 0.181. The number of carbonyl (C=O) groups is 1. The molecule has 0 amide bonds. The Bertz CT molecular complexity index is 1050. The normalized spacial score (nSPS) is 10.7. The monoisotopic (exact) mass is 436 g/mol. The van der Waals surface area contributed by atoms with Gasteiger partial charge in [-0.1, -0.05) is 34.8 Å². The van der Waals surface area contributed by atoms with E-state index >= 15 is 0 Å². The van der Waals surface area contributed by atoms with E-state index in [1.54, 1.807) is 24.3 Å². The molecule has 0 bridgehead atoms. The lowest BCUT2D eigenvalue weighted by molar-refractivity contribution is 0.103. The Balaban J connectivity index is 2.02. The van der Waals surface area contributed by atoms with E-state index in [2.05, 4.69) is 10.2 Å². The number of nitrogens with zero attached hydrogens (tertiary/aromatic N) is 1. The fourth-order valence-electron chi connectivity index (χ4n) is 2.73. The van der Waals surface area contributed by atoms with Crippen LogP contribution in [0.1, 0.15) is 34.1 Å². The van der Waals surface area contributed by atoms with Crippen LogP contribution in [-0.2, 0) is 6.42 Å². The number of benzene rings is 2. The molecule has 0 radical (unpaired) electrons. The van der Waals surface area contributed by atoms with E-state index in [4.69, 9.17) is 39.5 Å². The Morgan fingerprint density at radius 2 is 1.79 bits per heavy atom. The number of hydrogen-bond acceptors (Lipinski definition) is 4. The van der Waals surface area contributed by atoms with Gasteiger partial charge >= 0.3 is 0 Å². The van der Waals surface area contributed by atoms with Crippen molar-refractivity contribution in [1.82, 2.24) is 10.2 Å². The highest BCUT2D eigenvalue weighted by Crippen LogP contribution is 2.32. The Morgan fingerprint density at radius 3 is 2.39 bits per heavy atom. The highest BCUT2D eigenvalue weighted by molar-refractivity contribution is 6.43. The van der Waals surface area contributed by atoms with Gasteiger partial charge in [-0.25, -0.2) is 5.10 Å². The summed E-state index contributed by atoms with van der Waals surface area (Å²) in [6.45, 7) is 2.34. The van der Waals surface area contributed by atoms with E-state index in [0.29, 0.717) is 35.1 Å². The molecule has 0 spiro atoms. The van der Waals surface area contributed by atoms with E-state index in [1.165, 1.54) is 18.2 Å². The number of aromatic nitrogens is 2. The molecule has 0 saturated carbocycles. The average Bonchev–Trinajstić information content (AvgIpc) is 2.64. The SMILES string of the molecule is CCOc1ccc(C(=O)c2c(Cl)cc(Cl)cc2Cl)cc1Cc1ccc(=O)[nH]n1. The van der Waals surface area contributed by atoms with Crippen LogP contribution in [0.4, 0.5) is 0 Å². The zero-order chi connectivity index (χ0) is 20.3. The van der Waals surface area contributed by atoms with E-state index in [1.807, 2.05) is 6.92 Å². The van der Waals surface area contributed by atoms with Gasteiger partial charge in [-0.15, -0.1) is 0 Å². The molecule has 8 heteroatoms. The van der Waals surface area contributed by atoms with Crippen LogP contribution in [0.3, 0.4) is 0 Å². The van der Waals surface area contributed by atoms with Crippen LogP contribution in [0.25, 0.3) is 0 Å². The molecule has 0 aliphatic heterocycles. The minimum Gasteiger partial charge on any atom is -0.494 e. The first-order valence-electron chi connectivity index (χ1n) is 8.38. The third-order valence-corrected chi connectivity index (χ3v) is 4.78. The number of carbonyl (C=O) groups excluding carboxylic acids is 1. The van der Waals surface area contributed by atoms with Gasteiger partial charge in [0.2, 0.25) is 0 Å². The van der Waals surface area contributed by atoms with E-state index in [-0.39, 0.29) is 27.0 Å². The van der Waals surface area contributed by atoms with Gasteiger partial charge in [0.05, 0.1) is 27.9 Å². The zero-order valence-electron chi connectivity index (χ0n) is 14.8. The maximum atomic E-state index is 13.0. The summed E-state index contributed by atoms with van der Waals surface area (Å²) in [5.74, 6) is 0.297. The summed E-state index contributed by atoms with van der Waals surface area (Å²) in [5.41, 5.74) is 1.67. The Morgan fingerprint density at radius 1 is 1.07 bits per heavy atom. The maximum Gasteiger partial charge on any atom is 0.264 e. The zero-order valence-corrected chi connectivity index (χ0v) is 17.0. The molecular formula is C20H15Cl3N2O3. The van der Waals surface area contributed by atoms with Crippen molar-refractivity contribution < 1.29 is 9.53 Å². The lowest BCUT2D eigenvalue weighted by Crippen LogP contribution is -2.09. The van der Waals surface area contributed by atoms with Crippen LogP contribution in [0, 0.1) is 0 Å². The standard InChI is InChI=1S/C20H15Cl3N2O3/c1-2-28-17-5-3-11(7-12(17)8-14-4-6-18(26)25-24-14)20(27)19-15(22)9-13(21)10-16(19)23/h3-7,9-10H,2,8H2,1H3,(H,25,26). The van der Waals surface area contributed by atoms with Gasteiger partial charge < -0.3 is 4.74 Å². The van der Waals surface area contributed by atoms with Crippen LogP contribution in [0.5, 0.6) is 5.75 Å². The van der Waals surface area contributed by atoms with Gasteiger partial charge in [0.25, 0.3) is 5.56 Å². The highest BCUT2D eigenvalue weighted by atomic mass is 35.5. The number of ketones is 1. The van der Waals surface area contributed by atoms with Crippen molar-refractivity contribution in [3.05, 3.63) is 90.3 Å². The van der Waals surface area contributed by atoms with E-state index in [0.717, 1.165) is 5.56 Å². The summed E-state index contributed by atoms with van der Waals surface area (Å²) in [6.07, 6.45) is 0.370. The lowest BCUT2D eigenvalue weighted by Gasteiger charge is -2.13. The molecule has 1 N–H and O–H groups in total. The van der Waals surface area contributed by atoms with Crippen LogP contribution in [0.2, 0.25) is 15.1 Å². The van der Waals surface area contributed by atoms with Crippen LogP contribution >= 0.6 is 34.8 Å². The second kappa shape index (κ2) is 8.78.